The first-order valence-corrected chi connectivity index (χ1v) is 40.5. The molecule has 1 N–H and O–H groups in total. The third-order valence-corrected chi connectivity index (χ3v) is 18.5. The van der Waals surface area contributed by atoms with Gasteiger partial charge in [0.05, 0.1) is 27.7 Å². The smallest absolute Gasteiger partial charge is 0.462 e. The van der Waals surface area contributed by atoms with Gasteiger partial charge in [-0.3, -0.25) is 18.6 Å². The first-order valence-electron chi connectivity index (χ1n) is 39.0. The predicted octanol–water partition coefficient (Wildman–Crippen LogP) is 25.7. The Hall–Kier alpha value is -2.29. The van der Waals surface area contributed by atoms with Crippen molar-refractivity contribution in [2.24, 2.45) is 0 Å². The van der Waals surface area contributed by atoms with E-state index in [1.165, 1.54) is 295 Å². The maximum atomic E-state index is 12.9. The first kappa shape index (κ1) is 87.7. The van der Waals surface area contributed by atoms with Gasteiger partial charge in [-0.05, 0) is 83.5 Å². The molecule has 0 saturated carbocycles. The van der Waals surface area contributed by atoms with Gasteiger partial charge in [-0.15, -0.1) is 0 Å². The van der Waals surface area contributed by atoms with E-state index in [4.69, 9.17) is 18.5 Å². The van der Waals surface area contributed by atoms with Crippen LogP contribution < -0.4 is 0 Å². The van der Waals surface area contributed by atoms with Crippen molar-refractivity contribution in [1.29, 1.82) is 0 Å². The van der Waals surface area contributed by atoms with Crippen LogP contribution in [0.5, 0.6) is 0 Å². The molecule has 0 aromatic carbocycles. The van der Waals surface area contributed by atoms with Crippen molar-refractivity contribution in [1.82, 2.24) is 0 Å². The summed E-state index contributed by atoms with van der Waals surface area (Å²) in [7, 11) is 1.49. The lowest BCUT2D eigenvalue weighted by atomic mass is 10.0. The van der Waals surface area contributed by atoms with Crippen LogP contribution in [0.25, 0.3) is 0 Å². The normalized spacial score (nSPS) is 13.4. The molecule has 0 aromatic rings. The molecule has 0 radical (unpaired) electrons. The number of esters is 2. The number of allylic oxidation sites excluding steroid dienone is 10. The second kappa shape index (κ2) is 71.0. The van der Waals surface area contributed by atoms with Crippen LogP contribution in [-0.2, 0) is 32.7 Å². The molecule has 0 rings (SSSR count). The maximum Gasteiger partial charge on any atom is 0.472 e. The summed E-state index contributed by atoms with van der Waals surface area (Å²) >= 11 is 0. The zero-order valence-corrected chi connectivity index (χ0v) is 61.3. The quantitative estimate of drug-likeness (QED) is 0.0211. The highest BCUT2D eigenvalue weighted by molar-refractivity contribution is 7.47. The van der Waals surface area contributed by atoms with Gasteiger partial charge in [-0.25, -0.2) is 4.57 Å². The zero-order valence-electron chi connectivity index (χ0n) is 60.4. The molecule has 10 heteroatoms. The standard InChI is InChI=1S/C80H150NO8P/c1-6-8-10-12-14-16-18-20-22-24-26-28-30-32-34-35-36-37-38-39-40-41-42-43-44-45-47-48-50-52-54-56-58-60-62-64-66-68-70-72-79(82)86-76-78(77-88-90(84,85)87-75-74-81(3,4)5)89-80(83)73-71-69-67-65-63-61-59-57-55-53-51-49-46-33-31-29-27-25-23-21-19-17-15-13-11-9-7-2/h18-21,24-27,31,33,78H,6-17,22-23,28-30,32,34-77H2,1-5H3/p+1/b20-18-,21-19-,26-24-,27-25-,33-31-. The lowest BCUT2D eigenvalue weighted by Gasteiger charge is -2.24. The van der Waals surface area contributed by atoms with Crippen LogP contribution in [0.15, 0.2) is 60.8 Å². The van der Waals surface area contributed by atoms with E-state index < -0.39 is 26.5 Å². The van der Waals surface area contributed by atoms with Crippen molar-refractivity contribution in [2.75, 3.05) is 47.5 Å². The minimum Gasteiger partial charge on any atom is -0.462 e. The van der Waals surface area contributed by atoms with E-state index in [2.05, 4.69) is 74.6 Å². The minimum absolute atomic E-state index is 0.0323. The number of ether oxygens (including phenoxy) is 2. The van der Waals surface area contributed by atoms with E-state index in [9.17, 15) is 19.0 Å². The molecule has 0 fully saturated rings. The molecule has 90 heavy (non-hydrogen) atoms. The summed E-state index contributed by atoms with van der Waals surface area (Å²) in [5.41, 5.74) is 0. The highest BCUT2D eigenvalue weighted by Gasteiger charge is 2.27. The summed E-state index contributed by atoms with van der Waals surface area (Å²) in [6, 6.07) is 0. The van der Waals surface area contributed by atoms with Crippen LogP contribution in [0.4, 0.5) is 0 Å². The third kappa shape index (κ3) is 74.7. The third-order valence-electron chi connectivity index (χ3n) is 17.5. The number of unbranched alkanes of at least 4 members (excludes halogenated alkanes) is 49. The lowest BCUT2D eigenvalue weighted by molar-refractivity contribution is -0.870. The van der Waals surface area contributed by atoms with Crippen molar-refractivity contribution in [2.45, 2.75) is 392 Å². The van der Waals surface area contributed by atoms with E-state index in [1.807, 2.05) is 21.1 Å². The van der Waals surface area contributed by atoms with Gasteiger partial charge in [0.1, 0.15) is 19.8 Å². The number of carbonyl (C=O) groups excluding carboxylic acids is 2. The molecular formula is C80H151NO8P+. The Bertz CT molecular complexity index is 1700. The number of quaternary nitrogens is 1. The Balaban J connectivity index is 3.91. The van der Waals surface area contributed by atoms with Gasteiger partial charge in [-0.1, -0.05) is 351 Å². The molecule has 0 bridgehead atoms. The average molecular weight is 1290 g/mol. The molecule has 0 aliphatic rings. The monoisotopic (exact) mass is 1290 g/mol. The maximum absolute atomic E-state index is 12.9. The Morgan fingerprint density at radius 1 is 0.344 bits per heavy atom. The fourth-order valence-corrected chi connectivity index (χ4v) is 12.3. The minimum atomic E-state index is -4.39. The van der Waals surface area contributed by atoms with Gasteiger partial charge in [-0.2, -0.15) is 0 Å². The molecule has 2 atom stereocenters. The number of hydrogen-bond donors (Lipinski definition) is 1. The summed E-state index contributed by atoms with van der Waals surface area (Å²) in [5.74, 6) is -0.781. The number of hydrogen-bond acceptors (Lipinski definition) is 7. The summed E-state index contributed by atoms with van der Waals surface area (Å²) in [6.45, 7) is 4.47. The highest BCUT2D eigenvalue weighted by atomic mass is 31.2. The Morgan fingerprint density at radius 2 is 0.600 bits per heavy atom. The molecule has 528 valence electrons. The van der Waals surface area contributed by atoms with E-state index >= 15 is 0 Å². The van der Waals surface area contributed by atoms with Crippen molar-refractivity contribution in [3.8, 4) is 0 Å². The SMILES string of the molecule is CCCCCCC/C=C\C/C=C\C/C=C\CCCCCCCCCCCCCCC(=O)OC(COC(=O)CCCCCCCCCCCCCCCCCCCCCCCCCCCCC/C=C\C/C=C\CCCCCCC)COP(=O)(O)OCC[N+](C)(C)C. The summed E-state index contributed by atoms with van der Waals surface area (Å²) in [4.78, 5) is 35.9. The predicted molar refractivity (Wildman–Crippen MR) is 390 cm³/mol. The Morgan fingerprint density at radius 3 is 0.889 bits per heavy atom. The molecule has 0 saturated heterocycles. The van der Waals surface area contributed by atoms with Crippen LogP contribution >= 0.6 is 7.82 Å². The fourth-order valence-electron chi connectivity index (χ4n) is 11.5. The van der Waals surface area contributed by atoms with Crippen molar-refractivity contribution in [3.05, 3.63) is 60.8 Å². The molecule has 0 heterocycles. The summed E-state index contributed by atoms with van der Waals surface area (Å²) < 4.78 is 34.8. The second-order valence-electron chi connectivity index (χ2n) is 27.7. The van der Waals surface area contributed by atoms with Crippen molar-refractivity contribution in [3.63, 3.8) is 0 Å². The van der Waals surface area contributed by atoms with Gasteiger partial charge in [0.2, 0.25) is 0 Å². The Kier molecular flexibility index (Phi) is 69.2. The van der Waals surface area contributed by atoms with Gasteiger partial charge in [0.25, 0.3) is 0 Å². The van der Waals surface area contributed by atoms with Gasteiger partial charge in [0.15, 0.2) is 6.10 Å². The van der Waals surface area contributed by atoms with Crippen LogP contribution in [0.3, 0.4) is 0 Å². The molecule has 0 aliphatic carbocycles. The molecule has 0 aromatic heterocycles. The number of rotatable bonds is 73. The molecule has 9 nitrogen and oxygen atoms in total. The highest BCUT2D eigenvalue weighted by Crippen LogP contribution is 2.43. The summed E-state index contributed by atoms with van der Waals surface area (Å²) in [5, 5.41) is 0. The van der Waals surface area contributed by atoms with E-state index in [-0.39, 0.29) is 25.6 Å². The average Bonchev–Trinajstić information content (AvgIpc) is 3.61. The van der Waals surface area contributed by atoms with E-state index in [0.29, 0.717) is 23.9 Å². The molecule has 0 spiro atoms. The lowest BCUT2D eigenvalue weighted by Crippen LogP contribution is -2.37. The zero-order chi connectivity index (χ0) is 65.5. The molecule has 2 unspecified atom stereocenters. The number of phosphoric ester groups is 1. The van der Waals surface area contributed by atoms with Crippen molar-refractivity contribution < 1.29 is 42.1 Å². The molecule has 0 amide bonds. The number of carbonyl (C=O) groups is 2. The van der Waals surface area contributed by atoms with Crippen LogP contribution in [0.1, 0.15) is 386 Å². The number of likely N-dealkylation sites (N-methyl/N-ethyl adjacent to an activating group) is 1. The van der Waals surface area contributed by atoms with Gasteiger partial charge < -0.3 is 18.9 Å². The first-order chi connectivity index (χ1) is 44.0. The van der Waals surface area contributed by atoms with Gasteiger partial charge in [0, 0.05) is 12.8 Å². The number of phosphoric acid groups is 1. The number of nitrogens with zero attached hydrogens (tertiary/aromatic N) is 1. The molecular weight excluding hydrogens is 1130 g/mol. The summed E-state index contributed by atoms with van der Waals surface area (Å²) in [6.07, 6.45) is 95.1. The molecule has 0 aliphatic heterocycles. The topological polar surface area (TPSA) is 108 Å². The Labute approximate surface area is 559 Å². The second-order valence-corrected chi connectivity index (χ2v) is 29.2. The van der Waals surface area contributed by atoms with Crippen LogP contribution in [0, 0.1) is 0 Å². The van der Waals surface area contributed by atoms with Gasteiger partial charge >= 0.3 is 19.8 Å². The van der Waals surface area contributed by atoms with E-state index in [0.717, 1.165) is 57.8 Å². The fraction of sp³-hybridized carbons (Fsp3) is 0.850. The van der Waals surface area contributed by atoms with Crippen LogP contribution in [0.2, 0.25) is 0 Å². The van der Waals surface area contributed by atoms with E-state index in [1.54, 1.807) is 0 Å². The van der Waals surface area contributed by atoms with Crippen LogP contribution in [-0.4, -0.2) is 74.9 Å². The van der Waals surface area contributed by atoms with Crippen molar-refractivity contribution >= 4 is 19.8 Å². The largest absolute Gasteiger partial charge is 0.472 e.